The topological polar surface area (TPSA) is 42.2 Å². The van der Waals surface area contributed by atoms with Crippen LogP contribution in [0.2, 0.25) is 0 Å². The van der Waals surface area contributed by atoms with Gasteiger partial charge in [-0.25, -0.2) is 4.98 Å². The number of hydrogen-bond donors (Lipinski definition) is 1. The zero-order chi connectivity index (χ0) is 14.0. The third kappa shape index (κ3) is 3.29. The van der Waals surface area contributed by atoms with Crippen molar-refractivity contribution in [3.63, 3.8) is 0 Å². The van der Waals surface area contributed by atoms with E-state index < -0.39 is 0 Å². The minimum atomic E-state index is 0.469. The monoisotopic (exact) mass is 281 g/mol. The van der Waals surface area contributed by atoms with E-state index in [1.165, 1.54) is 28.5 Å². The highest BCUT2D eigenvalue weighted by molar-refractivity contribution is 7.15. The zero-order valence-electron chi connectivity index (χ0n) is 12.6. The van der Waals surface area contributed by atoms with Gasteiger partial charge in [-0.3, -0.25) is 0 Å². The molecule has 1 aliphatic heterocycles. The van der Waals surface area contributed by atoms with Crippen molar-refractivity contribution in [1.29, 1.82) is 0 Å². The van der Waals surface area contributed by atoms with Crippen LogP contribution in [0.15, 0.2) is 0 Å². The summed E-state index contributed by atoms with van der Waals surface area (Å²) in [6.07, 6.45) is 2.60. The molecular formula is C15H27N3S. The van der Waals surface area contributed by atoms with Gasteiger partial charge in [-0.15, -0.1) is 11.3 Å². The van der Waals surface area contributed by atoms with Crippen LogP contribution in [0.1, 0.15) is 57.0 Å². The standard InChI is InChI=1S/C15H27N3S/c1-10(2)12-5-7-18(8-6-12)15-17-14(11(3)4)13(9-16)19-15/h10-12H,5-9,16H2,1-4H3. The van der Waals surface area contributed by atoms with Gasteiger partial charge in [-0.05, 0) is 30.6 Å². The quantitative estimate of drug-likeness (QED) is 0.917. The fourth-order valence-electron chi connectivity index (χ4n) is 2.84. The predicted molar refractivity (Wildman–Crippen MR) is 83.9 cm³/mol. The van der Waals surface area contributed by atoms with Crippen LogP contribution in [0.3, 0.4) is 0 Å². The zero-order valence-corrected chi connectivity index (χ0v) is 13.5. The second-order valence-corrected chi connectivity index (χ2v) is 7.29. The Morgan fingerprint density at radius 1 is 1.26 bits per heavy atom. The first-order valence-electron chi connectivity index (χ1n) is 7.47. The van der Waals surface area contributed by atoms with E-state index in [9.17, 15) is 0 Å². The van der Waals surface area contributed by atoms with E-state index in [-0.39, 0.29) is 0 Å². The Labute approximate surface area is 121 Å². The van der Waals surface area contributed by atoms with Crippen molar-refractivity contribution in [3.05, 3.63) is 10.6 Å². The van der Waals surface area contributed by atoms with E-state index >= 15 is 0 Å². The lowest BCUT2D eigenvalue weighted by molar-refractivity contribution is 0.311. The van der Waals surface area contributed by atoms with E-state index in [1.807, 2.05) is 0 Å². The van der Waals surface area contributed by atoms with Crippen LogP contribution in [-0.2, 0) is 6.54 Å². The molecule has 2 heterocycles. The Balaban J connectivity index is 2.07. The third-order valence-electron chi connectivity index (χ3n) is 4.20. The average Bonchev–Trinajstić information content (AvgIpc) is 2.83. The molecule has 0 aliphatic carbocycles. The van der Waals surface area contributed by atoms with Crippen LogP contribution in [0, 0.1) is 11.8 Å². The van der Waals surface area contributed by atoms with Crippen LogP contribution in [0.4, 0.5) is 5.13 Å². The van der Waals surface area contributed by atoms with E-state index in [4.69, 9.17) is 10.7 Å². The second-order valence-electron chi connectivity index (χ2n) is 6.23. The Bertz CT molecular complexity index is 404. The molecule has 0 radical (unpaired) electrons. The Morgan fingerprint density at radius 2 is 1.89 bits per heavy atom. The summed E-state index contributed by atoms with van der Waals surface area (Å²) in [6, 6.07) is 0. The van der Waals surface area contributed by atoms with Crippen molar-refractivity contribution in [2.45, 2.75) is 53.0 Å². The van der Waals surface area contributed by atoms with Crippen LogP contribution >= 0.6 is 11.3 Å². The van der Waals surface area contributed by atoms with Gasteiger partial charge in [0.1, 0.15) is 0 Å². The lowest BCUT2D eigenvalue weighted by atomic mass is 9.87. The molecule has 1 saturated heterocycles. The molecule has 0 unspecified atom stereocenters. The molecule has 0 saturated carbocycles. The van der Waals surface area contributed by atoms with Gasteiger partial charge < -0.3 is 10.6 Å². The Morgan fingerprint density at radius 3 is 2.32 bits per heavy atom. The van der Waals surface area contributed by atoms with Crippen molar-refractivity contribution in [2.24, 2.45) is 17.6 Å². The first-order valence-corrected chi connectivity index (χ1v) is 8.29. The molecule has 108 valence electrons. The van der Waals surface area contributed by atoms with Crippen molar-refractivity contribution >= 4 is 16.5 Å². The summed E-state index contributed by atoms with van der Waals surface area (Å²) in [4.78, 5) is 8.55. The molecule has 3 nitrogen and oxygen atoms in total. The smallest absolute Gasteiger partial charge is 0.185 e. The molecular weight excluding hydrogens is 254 g/mol. The normalized spacial score (nSPS) is 17.7. The largest absolute Gasteiger partial charge is 0.348 e. The number of anilines is 1. The molecule has 4 heteroatoms. The van der Waals surface area contributed by atoms with Crippen LogP contribution in [-0.4, -0.2) is 18.1 Å². The molecule has 2 N–H and O–H groups in total. The molecule has 19 heavy (non-hydrogen) atoms. The molecule has 0 amide bonds. The first kappa shape index (κ1) is 14.8. The number of rotatable bonds is 4. The summed E-state index contributed by atoms with van der Waals surface area (Å²) in [5.74, 6) is 2.16. The van der Waals surface area contributed by atoms with Gasteiger partial charge in [0, 0.05) is 24.5 Å². The summed E-state index contributed by atoms with van der Waals surface area (Å²) >= 11 is 1.79. The van der Waals surface area contributed by atoms with Crippen LogP contribution in [0.5, 0.6) is 0 Å². The van der Waals surface area contributed by atoms with Gasteiger partial charge in [0.05, 0.1) is 5.69 Å². The van der Waals surface area contributed by atoms with Crippen LogP contribution < -0.4 is 10.6 Å². The second kappa shape index (κ2) is 6.23. The molecule has 1 fully saturated rings. The molecule has 1 aromatic heterocycles. The van der Waals surface area contributed by atoms with Crippen molar-refractivity contribution in [2.75, 3.05) is 18.0 Å². The van der Waals surface area contributed by atoms with Crippen molar-refractivity contribution in [3.8, 4) is 0 Å². The van der Waals surface area contributed by atoms with Gasteiger partial charge in [0.2, 0.25) is 0 Å². The number of piperidine rings is 1. The minimum absolute atomic E-state index is 0.469. The molecule has 0 bridgehead atoms. The molecule has 1 aliphatic rings. The molecule has 1 aromatic rings. The molecule has 0 aromatic carbocycles. The SMILES string of the molecule is CC(C)c1nc(N2CCC(C(C)C)CC2)sc1CN. The van der Waals surface area contributed by atoms with Crippen LogP contribution in [0.25, 0.3) is 0 Å². The lowest BCUT2D eigenvalue weighted by Crippen LogP contribution is -2.35. The van der Waals surface area contributed by atoms with Gasteiger partial charge in [0.25, 0.3) is 0 Å². The lowest BCUT2D eigenvalue weighted by Gasteiger charge is -2.33. The van der Waals surface area contributed by atoms with Gasteiger partial charge in [0.15, 0.2) is 5.13 Å². The Hall–Kier alpha value is -0.610. The van der Waals surface area contributed by atoms with Gasteiger partial charge >= 0.3 is 0 Å². The average molecular weight is 281 g/mol. The number of thiazole rings is 1. The fraction of sp³-hybridized carbons (Fsp3) is 0.800. The maximum Gasteiger partial charge on any atom is 0.185 e. The molecule has 0 atom stereocenters. The van der Waals surface area contributed by atoms with Crippen molar-refractivity contribution < 1.29 is 0 Å². The summed E-state index contributed by atoms with van der Waals surface area (Å²) in [7, 11) is 0. The first-order chi connectivity index (χ1) is 9.02. The highest BCUT2D eigenvalue weighted by Gasteiger charge is 2.24. The van der Waals surface area contributed by atoms with Crippen molar-refractivity contribution in [1.82, 2.24) is 4.98 Å². The van der Waals surface area contributed by atoms with E-state index in [1.54, 1.807) is 11.3 Å². The number of nitrogens with two attached hydrogens (primary N) is 1. The summed E-state index contributed by atoms with van der Waals surface area (Å²) in [5.41, 5.74) is 7.05. The minimum Gasteiger partial charge on any atom is -0.348 e. The predicted octanol–water partition coefficient (Wildman–Crippen LogP) is 3.60. The number of hydrogen-bond acceptors (Lipinski definition) is 4. The van der Waals surface area contributed by atoms with Gasteiger partial charge in [-0.1, -0.05) is 27.7 Å². The maximum absolute atomic E-state index is 5.84. The molecule has 2 rings (SSSR count). The number of aromatic nitrogens is 1. The number of nitrogens with zero attached hydrogens (tertiary/aromatic N) is 2. The van der Waals surface area contributed by atoms with E-state index in [0.717, 1.165) is 24.9 Å². The fourth-order valence-corrected chi connectivity index (χ4v) is 3.99. The molecule has 0 spiro atoms. The maximum atomic E-state index is 5.84. The third-order valence-corrected chi connectivity index (χ3v) is 5.36. The Kier molecular flexibility index (Phi) is 4.85. The highest BCUT2D eigenvalue weighted by atomic mass is 32.1. The van der Waals surface area contributed by atoms with Gasteiger partial charge in [-0.2, -0.15) is 0 Å². The summed E-state index contributed by atoms with van der Waals surface area (Å²) in [6.45, 7) is 12.0. The summed E-state index contributed by atoms with van der Waals surface area (Å²) < 4.78 is 0. The summed E-state index contributed by atoms with van der Waals surface area (Å²) in [5, 5.41) is 1.19. The highest BCUT2D eigenvalue weighted by Crippen LogP contribution is 2.33. The van der Waals surface area contributed by atoms with E-state index in [2.05, 4.69) is 32.6 Å². The van der Waals surface area contributed by atoms with E-state index in [0.29, 0.717) is 12.5 Å².